The molecule has 3 rings (SSSR count). The zero-order valence-corrected chi connectivity index (χ0v) is 12.5. The molecule has 1 unspecified atom stereocenters. The summed E-state index contributed by atoms with van der Waals surface area (Å²) in [5.41, 5.74) is 1.11. The second-order valence-electron chi connectivity index (χ2n) is 6.43. The highest BCUT2D eigenvalue weighted by molar-refractivity contribution is 5.78. The second-order valence-corrected chi connectivity index (χ2v) is 6.43. The van der Waals surface area contributed by atoms with Crippen LogP contribution in [0.4, 0.5) is 4.39 Å². The summed E-state index contributed by atoms with van der Waals surface area (Å²) in [6, 6.07) is 7.75. The van der Waals surface area contributed by atoms with Gasteiger partial charge in [-0.15, -0.1) is 0 Å². The zero-order valence-electron chi connectivity index (χ0n) is 12.5. The number of carbonyl (C=O) groups excluding carboxylic acids is 1. The molecule has 114 valence electrons. The Morgan fingerprint density at radius 1 is 1.43 bits per heavy atom. The van der Waals surface area contributed by atoms with Crippen LogP contribution in [0.2, 0.25) is 0 Å². The van der Waals surface area contributed by atoms with Crippen molar-refractivity contribution < 1.29 is 9.18 Å². The van der Waals surface area contributed by atoms with Crippen molar-refractivity contribution in [3.05, 3.63) is 35.6 Å². The number of hydrogen-bond acceptors (Lipinski definition) is 2. The minimum Gasteiger partial charge on any atom is -0.341 e. The van der Waals surface area contributed by atoms with Crippen LogP contribution < -0.4 is 5.32 Å². The summed E-state index contributed by atoms with van der Waals surface area (Å²) >= 11 is 0. The highest BCUT2D eigenvalue weighted by Gasteiger charge is 2.32. The summed E-state index contributed by atoms with van der Waals surface area (Å²) in [4.78, 5) is 13.6. The molecule has 1 saturated carbocycles. The van der Waals surface area contributed by atoms with Gasteiger partial charge >= 0.3 is 0 Å². The maximum Gasteiger partial charge on any atom is 0.222 e. The zero-order chi connectivity index (χ0) is 14.8. The average molecular weight is 290 g/mol. The Hall–Kier alpha value is -1.42. The molecule has 0 spiro atoms. The van der Waals surface area contributed by atoms with Crippen LogP contribution in [0.3, 0.4) is 0 Å². The summed E-state index contributed by atoms with van der Waals surface area (Å²) in [6.07, 6.45) is 3.82. The first-order valence-corrected chi connectivity index (χ1v) is 7.91. The van der Waals surface area contributed by atoms with Crippen LogP contribution in [0.1, 0.15) is 44.1 Å². The van der Waals surface area contributed by atoms with Gasteiger partial charge in [-0.25, -0.2) is 4.39 Å². The van der Waals surface area contributed by atoms with Gasteiger partial charge in [0.15, 0.2) is 0 Å². The molecule has 4 heteroatoms. The van der Waals surface area contributed by atoms with Gasteiger partial charge in [0.05, 0.1) is 0 Å². The van der Waals surface area contributed by atoms with Crippen molar-refractivity contribution in [2.75, 3.05) is 13.1 Å². The van der Waals surface area contributed by atoms with E-state index in [1.54, 1.807) is 12.1 Å². The van der Waals surface area contributed by atoms with E-state index >= 15 is 0 Å². The molecule has 0 bridgehead atoms. The van der Waals surface area contributed by atoms with E-state index < -0.39 is 0 Å². The predicted molar refractivity (Wildman–Crippen MR) is 80.6 cm³/mol. The van der Waals surface area contributed by atoms with E-state index in [9.17, 15) is 9.18 Å². The van der Waals surface area contributed by atoms with Crippen LogP contribution in [-0.2, 0) is 4.79 Å². The van der Waals surface area contributed by atoms with Gasteiger partial charge in [-0.05, 0) is 49.8 Å². The molecule has 1 aliphatic carbocycles. The summed E-state index contributed by atoms with van der Waals surface area (Å²) < 4.78 is 13.2. The third-order valence-electron chi connectivity index (χ3n) is 4.64. The molecule has 1 aliphatic heterocycles. The molecule has 3 nitrogen and oxygen atoms in total. The molecule has 2 aliphatic rings. The lowest BCUT2D eigenvalue weighted by molar-refractivity contribution is -0.128. The molecule has 1 atom stereocenters. The molecule has 1 saturated heterocycles. The summed E-state index contributed by atoms with van der Waals surface area (Å²) in [7, 11) is 0. The normalized spacial score (nSPS) is 26.8. The Morgan fingerprint density at radius 3 is 2.90 bits per heavy atom. The van der Waals surface area contributed by atoms with Crippen molar-refractivity contribution in [1.82, 2.24) is 10.2 Å². The standard InChI is InChI=1S/C17H23FN2O/c1-12(11-20-7-3-6-17(20)21)19-16-9-14(10-16)13-4-2-5-15(18)8-13/h2,4-5,8,12,14,16,19H,3,6-7,9-11H2,1H3. The summed E-state index contributed by atoms with van der Waals surface area (Å²) in [5, 5.41) is 3.59. The van der Waals surface area contributed by atoms with Crippen LogP contribution in [0.15, 0.2) is 24.3 Å². The van der Waals surface area contributed by atoms with Crippen molar-refractivity contribution in [1.29, 1.82) is 0 Å². The molecule has 1 N–H and O–H groups in total. The fourth-order valence-corrected chi connectivity index (χ4v) is 3.47. The van der Waals surface area contributed by atoms with Gasteiger partial charge in [-0.3, -0.25) is 4.79 Å². The molecule has 1 heterocycles. The fourth-order valence-electron chi connectivity index (χ4n) is 3.47. The maximum atomic E-state index is 13.2. The van der Waals surface area contributed by atoms with Gasteiger partial charge in [0.1, 0.15) is 5.82 Å². The Labute approximate surface area is 125 Å². The van der Waals surface area contributed by atoms with E-state index in [1.807, 2.05) is 11.0 Å². The van der Waals surface area contributed by atoms with E-state index in [-0.39, 0.29) is 11.7 Å². The van der Waals surface area contributed by atoms with Gasteiger partial charge in [0.2, 0.25) is 5.91 Å². The number of carbonyl (C=O) groups is 1. The van der Waals surface area contributed by atoms with Gasteiger partial charge in [-0.2, -0.15) is 0 Å². The van der Waals surface area contributed by atoms with Crippen LogP contribution in [0, 0.1) is 5.82 Å². The quantitative estimate of drug-likeness (QED) is 0.904. The lowest BCUT2D eigenvalue weighted by Crippen LogP contribution is -2.48. The lowest BCUT2D eigenvalue weighted by atomic mass is 9.75. The number of benzene rings is 1. The highest BCUT2D eigenvalue weighted by atomic mass is 19.1. The van der Waals surface area contributed by atoms with Gasteiger partial charge in [0, 0.05) is 31.6 Å². The summed E-state index contributed by atoms with van der Waals surface area (Å²) in [5.74, 6) is 0.610. The lowest BCUT2D eigenvalue weighted by Gasteiger charge is -2.38. The monoisotopic (exact) mass is 290 g/mol. The third kappa shape index (κ3) is 3.43. The van der Waals surface area contributed by atoms with Crippen LogP contribution in [0.5, 0.6) is 0 Å². The largest absolute Gasteiger partial charge is 0.341 e. The van der Waals surface area contributed by atoms with E-state index in [2.05, 4.69) is 12.2 Å². The minimum absolute atomic E-state index is 0.148. The molecule has 21 heavy (non-hydrogen) atoms. The Kier molecular flexibility index (Phi) is 4.24. The molecule has 1 aromatic rings. The molecular weight excluding hydrogens is 267 g/mol. The first-order valence-electron chi connectivity index (χ1n) is 7.91. The SMILES string of the molecule is CC(CN1CCCC1=O)NC1CC(c2cccc(F)c2)C1. The minimum atomic E-state index is -0.148. The summed E-state index contributed by atoms with van der Waals surface area (Å²) in [6.45, 7) is 3.85. The van der Waals surface area contributed by atoms with Gasteiger partial charge in [-0.1, -0.05) is 12.1 Å². The van der Waals surface area contributed by atoms with Crippen molar-refractivity contribution >= 4 is 5.91 Å². The first-order chi connectivity index (χ1) is 10.1. The van der Waals surface area contributed by atoms with Crippen molar-refractivity contribution in [3.8, 4) is 0 Å². The predicted octanol–water partition coefficient (Wildman–Crippen LogP) is 2.67. The van der Waals surface area contributed by atoms with Gasteiger partial charge < -0.3 is 10.2 Å². The van der Waals surface area contributed by atoms with Crippen LogP contribution >= 0.6 is 0 Å². The van der Waals surface area contributed by atoms with E-state index in [0.717, 1.165) is 37.9 Å². The number of hydrogen-bond donors (Lipinski definition) is 1. The molecule has 0 radical (unpaired) electrons. The van der Waals surface area contributed by atoms with Crippen molar-refractivity contribution in [2.24, 2.45) is 0 Å². The van der Waals surface area contributed by atoms with E-state index in [0.29, 0.717) is 24.4 Å². The number of nitrogens with one attached hydrogen (secondary N) is 1. The molecular formula is C17H23FN2O. The number of halogens is 1. The Bertz CT molecular complexity index is 513. The second kappa shape index (κ2) is 6.14. The topological polar surface area (TPSA) is 32.3 Å². The maximum absolute atomic E-state index is 13.2. The molecule has 2 fully saturated rings. The van der Waals surface area contributed by atoms with E-state index in [4.69, 9.17) is 0 Å². The third-order valence-corrected chi connectivity index (χ3v) is 4.64. The number of likely N-dealkylation sites (tertiary alicyclic amines) is 1. The van der Waals surface area contributed by atoms with Crippen LogP contribution in [-0.4, -0.2) is 36.0 Å². The average Bonchev–Trinajstić information content (AvgIpc) is 2.79. The molecule has 1 amide bonds. The highest BCUT2D eigenvalue weighted by Crippen LogP contribution is 2.37. The molecule has 0 aromatic heterocycles. The Morgan fingerprint density at radius 2 is 2.24 bits per heavy atom. The van der Waals surface area contributed by atoms with E-state index in [1.165, 1.54) is 6.07 Å². The number of rotatable bonds is 5. The number of amides is 1. The van der Waals surface area contributed by atoms with Crippen molar-refractivity contribution in [2.45, 2.75) is 50.6 Å². The first kappa shape index (κ1) is 14.5. The number of nitrogens with zero attached hydrogens (tertiary/aromatic N) is 1. The van der Waals surface area contributed by atoms with Crippen LogP contribution in [0.25, 0.3) is 0 Å². The Balaban J connectivity index is 1.43. The fraction of sp³-hybridized carbons (Fsp3) is 0.588. The van der Waals surface area contributed by atoms with Gasteiger partial charge in [0.25, 0.3) is 0 Å². The smallest absolute Gasteiger partial charge is 0.222 e. The molecule has 1 aromatic carbocycles. The van der Waals surface area contributed by atoms with Crippen molar-refractivity contribution in [3.63, 3.8) is 0 Å².